The van der Waals surface area contributed by atoms with Gasteiger partial charge in [0.05, 0.1) is 0 Å². The maximum atomic E-state index is 12.3. The van der Waals surface area contributed by atoms with Crippen LogP contribution in [0.15, 0.2) is 0 Å². The van der Waals surface area contributed by atoms with E-state index < -0.39 is 5.60 Å². The van der Waals surface area contributed by atoms with Crippen LogP contribution in [0.3, 0.4) is 0 Å². The van der Waals surface area contributed by atoms with E-state index in [0.29, 0.717) is 19.0 Å². The predicted molar refractivity (Wildman–Crippen MR) is 62.1 cm³/mol. The minimum atomic E-state index is -0.759. The fraction of sp³-hybridized carbons (Fsp3) is 0.917. The molecule has 0 aliphatic heterocycles. The zero-order chi connectivity index (χ0) is 12.2. The molecule has 0 aromatic carbocycles. The molecule has 1 aliphatic carbocycles. The Kier molecular flexibility index (Phi) is 4.74. The highest BCUT2D eigenvalue weighted by atomic mass is 16.5. The number of ether oxygens (including phenoxy) is 1. The molecule has 1 N–H and O–H groups in total. The first-order valence-corrected chi connectivity index (χ1v) is 6.00. The molecule has 0 aromatic rings. The molecule has 4 nitrogen and oxygen atoms in total. The van der Waals surface area contributed by atoms with Crippen molar-refractivity contribution in [1.29, 1.82) is 0 Å². The Balaban J connectivity index is 2.63. The molecule has 94 valence electrons. The van der Waals surface area contributed by atoms with Crippen LogP contribution in [-0.2, 0) is 9.53 Å². The number of carbonyl (C=O) groups excluding carboxylic acids is 1. The van der Waals surface area contributed by atoms with Crippen LogP contribution in [-0.4, -0.2) is 47.8 Å². The topological polar surface area (TPSA) is 49.8 Å². The van der Waals surface area contributed by atoms with E-state index in [1.807, 2.05) is 4.90 Å². The number of carbonyl (C=O) groups is 1. The monoisotopic (exact) mass is 229 g/mol. The van der Waals surface area contributed by atoms with Gasteiger partial charge in [0.2, 0.25) is 0 Å². The Bertz CT molecular complexity index is 236. The number of amides is 1. The minimum absolute atomic E-state index is 0.0353. The van der Waals surface area contributed by atoms with Crippen LogP contribution < -0.4 is 0 Å². The molecule has 0 bridgehead atoms. The second-order valence-corrected chi connectivity index (χ2v) is 4.87. The Labute approximate surface area is 97.6 Å². The molecular formula is C12H23NO3. The van der Waals surface area contributed by atoms with Crippen LogP contribution in [0.2, 0.25) is 0 Å². The first-order valence-electron chi connectivity index (χ1n) is 6.00. The van der Waals surface area contributed by atoms with E-state index in [4.69, 9.17) is 9.84 Å². The highest BCUT2D eigenvalue weighted by Gasteiger charge is 2.37. The summed E-state index contributed by atoms with van der Waals surface area (Å²) in [5, 5.41) is 8.86. The van der Waals surface area contributed by atoms with Gasteiger partial charge in [0, 0.05) is 26.3 Å². The first-order chi connectivity index (χ1) is 7.53. The molecule has 0 unspecified atom stereocenters. The van der Waals surface area contributed by atoms with E-state index in [1.54, 1.807) is 21.0 Å². The fourth-order valence-corrected chi connectivity index (χ4v) is 1.82. The van der Waals surface area contributed by atoms with Crippen molar-refractivity contribution in [1.82, 2.24) is 4.90 Å². The van der Waals surface area contributed by atoms with Crippen molar-refractivity contribution in [3.05, 3.63) is 0 Å². The third kappa shape index (κ3) is 2.95. The third-order valence-corrected chi connectivity index (χ3v) is 3.36. The number of rotatable bonds is 6. The number of methoxy groups -OCH3 is 1. The van der Waals surface area contributed by atoms with Gasteiger partial charge in [0.25, 0.3) is 5.91 Å². The summed E-state index contributed by atoms with van der Waals surface area (Å²) in [5.41, 5.74) is -0.759. The van der Waals surface area contributed by atoms with E-state index in [2.05, 4.69) is 0 Å². The molecule has 16 heavy (non-hydrogen) atoms. The molecule has 0 radical (unpaired) electrons. The van der Waals surface area contributed by atoms with E-state index in [-0.39, 0.29) is 12.5 Å². The van der Waals surface area contributed by atoms with E-state index in [1.165, 1.54) is 6.42 Å². The lowest BCUT2D eigenvalue weighted by atomic mass is 9.90. The van der Waals surface area contributed by atoms with Gasteiger partial charge in [0.1, 0.15) is 5.60 Å². The highest BCUT2D eigenvalue weighted by molar-refractivity contribution is 5.84. The summed E-state index contributed by atoms with van der Waals surface area (Å²) in [6.45, 7) is 4.34. The summed E-state index contributed by atoms with van der Waals surface area (Å²) in [6.07, 6.45) is 4.00. The van der Waals surface area contributed by atoms with Crippen molar-refractivity contribution in [2.24, 2.45) is 0 Å². The van der Waals surface area contributed by atoms with Gasteiger partial charge >= 0.3 is 0 Å². The summed E-state index contributed by atoms with van der Waals surface area (Å²) in [6, 6.07) is 0.355. The predicted octanol–water partition coefficient (Wildman–Crippen LogP) is 1.17. The van der Waals surface area contributed by atoms with E-state index in [0.717, 1.165) is 12.8 Å². The van der Waals surface area contributed by atoms with Gasteiger partial charge in [-0.1, -0.05) is 0 Å². The Morgan fingerprint density at radius 1 is 1.50 bits per heavy atom. The molecule has 1 fully saturated rings. The molecule has 0 heterocycles. The number of hydrogen-bond donors (Lipinski definition) is 1. The average molecular weight is 229 g/mol. The van der Waals surface area contributed by atoms with Crippen LogP contribution >= 0.6 is 0 Å². The van der Waals surface area contributed by atoms with Crippen LogP contribution in [0.5, 0.6) is 0 Å². The lowest BCUT2D eigenvalue weighted by Crippen LogP contribution is -2.53. The normalized spacial score (nSPS) is 17.0. The fourth-order valence-electron chi connectivity index (χ4n) is 1.82. The van der Waals surface area contributed by atoms with Crippen LogP contribution in [0.25, 0.3) is 0 Å². The van der Waals surface area contributed by atoms with Crippen molar-refractivity contribution in [3.8, 4) is 0 Å². The third-order valence-electron chi connectivity index (χ3n) is 3.36. The second-order valence-electron chi connectivity index (χ2n) is 4.87. The number of aliphatic hydroxyl groups is 1. The Morgan fingerprint density at radius 3 is 2.50 bits per heavy atom. The zero-order valence-corrected chi connectivity index (χ0v) is 10.5. The van der Waals surface area contributed by atoms with Gasteiger partial charge in [-0.3, -0.25) is 4.79 Å². The Hall–Kier alpha value is -0.610. The molecule has 0 atom stereocenters. The molecular weight excluding hydrogens is 206 g/mol. The quantitative estimate of drug-likeness (QED) is 0.744. The average Bonchev–Trinajstić information content (AvgIpc) is 2.20. The lowest BCUT2D eigenvalue weighted by Gasteiger charge is -2.41. The van der Waals surface area contributed by atoms with Crippen molar-refractivity contribution in [3.63, 3.8) is 0 Å². The maximum Gasteiger partial charge on any atom is 0.254 e. The van der Waals surface area contributed by atoms with Gasteiger partial charge in [-0.05, 0) is 39.5 Å². The summed E-state index contributed by atoms with van der Waals surface area (Å²) >= 11 is 0. The van der Waals surface area contributed by atoms with Gasteiger partial charge in [0.15, 0.2) is 0 Å². The van der Waals surface area contributed by atoms with Crippen molar-refractivity contribution in [2.45, 2.75) is 51.2 Å². The molecule has 1 rings (SSSR count). The van der Waals surface area contributed by atoms with Gasteiger partial charge in [-0.25, -0.2) is 0 Å². The smallest absolute Gasteiger partial charge is 0.254 e. The largest absolute Gasteiger partial charge is 0.396 e. The van der Waals surface area contributed by atoms with Gasteiger partial charge in [-0.2, -0.15) is 0 Å². The number of hydrogen-bond acceptors (Lipinski definition) is 3. The number of nitrogens with zero attached hydrogens (tertiary/aromatic N) is 1. The summed E-state index contributed by atoms with van der Waals surface area (Å²) in [5.74, 6) is 0.0353. The second kappa shape index (κ2) is 5.64. The summed E-state index contributed by atoms with van der Waals surface area (Å²) < 4.78 is 5.23. The SMILES string of the molecule is COC(C)(C)C(=O)N(CCCO)C1CCC1. The van der Waals surface area contributed by atoms with Crippen molar-refractivity contribution in [2.75, 3.05) is 20.3 Å². The van der Waals surface area contributed by atoms with Crippen molar-refractivity contribution < 1.29 is 14.6 Å². The molecule has 0 saturated heterocycles. The maximum absolute atomic E-state index is 12.3. The van der Waals surface area contributed by atoms with Crippen molar-refractivity contribution >= 4 is 5.91 Å². The molecule has 1 aliphatic rings. The first kappa shape index (κ1) is 13.5. The van der Waals surface area contributed by atoms with E-state index >= 15 is 0 Å². The summed E-state index contributed by atoms with van der Waals surface area (Å²) in [4.78, 5) is 14.1. The molecule has 1 amide bonds. The minimum Gasteiger partial charge on any atom is -0.396 e. The highest BCUT2D eigenvalue weighted by Crippen LogP contribution is 2.27. The van der Waals surface area contributed by atoms with Crippen LogP contribution in [0.4, 0.5) is 0 Å². The Morgan fingerprint density at radius 2 is 2.12 bits per heavy atom. The van der Waals surface area contributed by atoms with Crippen LogP contribution in [0.1, 0.15) is 39.5 Å². The molecule has 4 heteroatoms. The standard InChI is InChI=1S/C12H23NO3/c1-12(2,16-3)11(15)13(8-5-9-14)10-6-4-7-10/h10,14H,4-9H2,1-3H3. The molecule has 0 spiro atoms. The number of aliphatic hydroxyl groups excluding tert-OH is 1. The lowest BCUT2D eigenvalue weighted by molar-refractivity contribution is -0.155. The summed E-state index contributed by atoms with van der Waals surface area (Å²) in [7, 11) is 1.56. The van der Waals surface area contributed by atoms with Gasteiger partial charge in [-0.15, -0.1) is 0 Å². The molecule has 1 saturated carbocycles. The zero-order valence-electron chi connectivity index (χ0n) is 10.5. The molecule has 0 aromatic heterocycles. The van der Waals surface area contributed by atoms with Crippen LogP contribution in [0, 0.1) is 0 Å². The van der Waals surface area contributed by atoms with Gasteiger partial charge < -0.3 is 14.7 Å². The van der Waals surface area contributed by atoms with E-state index in [9.17, 15) is 4.79 Å².